The second-order valence-corrected chi connectivity index (χ2v) is 4.51. The van der Waals surface area contributed by atoms with Crippen LogP contribution in [0.2, 0.25) is 0 Å². The van der Waals surface area contributed by atoms with Crippen LogP contribution in [0.3, 0.4) is 0 Å². The number of hydrogen-bond donors (Lipinski definition) is 3. The average Bonchev–Trinajstić information content (AvgIpc) is 2.54. The number of likely N-dealkylation sites (tertiary alicyclic amines) is 1. The highest BCUT2D eigenvalue weighted by atomic mass is 32.1. The van der Waals surface area contributed by atoms with Crippen LogP contribution in [0, 0.1) is 5.92 Å². The predicted molar refractivity (Wildman–Crippen MR) is 63.1 cm³/mol. The molecule has 0 radical (unpaired) electrons. The molecule has 1 amide bonds. The number of rotatable bonds is 6. The Morgan fingerprint density at radius 1 is 1.73 bits per heavy atom. The van der Waals surface area contributed by atoms with E-state index in [9.17, 15) is 4.79 Å². The van der Waals surface area contributed by atoms with Crippen LogP contribution in [-0.4, -0.2) is 53.9 Å². The molecule has 0 aromatic carbocycles. The van der Waals surface area contributed by atoms with Gasteiger partial charge in [-0.2, -0.15) is 12.6 Å². The quantitative estimate of drug-likeness (QED) is 0.437. The van der Waals surface area contributed by atoms with Gasteiger partial charge >= 0.3 is 0 Å². The van der Waals surface area contributed by atoms with E-state index in [0.717, 1.165) is 25.4 Å². The van der Waals surface area contributed by atoms with Crippen LogP contribution in [0.25, 0.3) is 0 Å². The summed E-state index contributed by atoms with van der Waals surface area (Å²) in [5.41, 5.74) is 0. The molecule has 2 unspecified atom stereocenters. The fourth-order valence-electron chi connectivity index (χ4n) is 1.72. The van der Waals surface area contributed by atoms with Gasteiger partial charge in [-0.25, -0.2) is 0 Å². The van der Waals surface area contributed by atoms with Gasteiger partial charge in [0.1, 0.15) is 0 Å². The third-order valence-electron chi connectivity index (χ3n) is 2.55. The molecule has 0 aromatic heterocycles. The number of thiol groups is 1. The van der Waals surface area contributed by atoms with Gasteiger partial charge in [0.05, 0.1) is 6.10 Å². The molecule has 0 saturated carbocycles. The largest absolute Gasteiger partial charge is 0.392 e. The number of carbonyl (C=O) groups is 1. The Bertz CT molecular complexity index is 212. The van der Waals surface area contributed by atoms with Crippen molar-refractivity contribution >= 4 is 18.5 Å². The molecule has 4 nitrogen and oxygen atoms in total. The van der Waals surface area contributed by atoms with Gasteiger partial charge in [-0.1, -0.05) is 0 Å². The third kappa shape index (κ3) is 4.40. The molecule has 1 rings (SSSR count). The summed E-state index contributed by atoms with van der Waals surface area (Å²) in [5.74, 6) is 1.43. The molecule has 88 valence electrons. The molecule has 0 aliphatic carbocycles. The summed E-state index contributed by atoms with van der Waals surface area (Å²) in [6.07, 6.45) is 0.310. The summed E-state index contributed by atoms with van der Waals surface area (Å²) in [6, 6.07) is 0. The molecular weight excluding hydrogens is 212 g/mol. The second kappa shape index (κ2) is 6.35. The summed E-state index contributed by atoms with van der Waals surface area (Å²) in [7, 11) is 0. The van der Waals surface area contributed by atoms with E-state index >= 15 is 0 Å². The van der Waals surface area contributed by atoms with Crippen molar-refractivity contribution in [3.05, 3.63) is 0 Å². The van der Waals surface area contributed by atoms with Crippen LogP contribution in [0.5, 0.6) is 0 Å². The van der Waals surface area contributed by atoms with E-state index in [-0.39, 0.29) is 12.0 Å². The van der Waals surface area contributed by atoms with Gasteiger partial charge < -0.3 is 15.3 Å². The van der Waals surface area contributed by atoms with Crippen LogP contribution in [-0.2, 0) is 4.79 Å². The molecule has 15 heavy (non-hydrogen) atoms. The van der Waals surface area contributed by atoms with Crippen LogP contribution < -0.4 is 5.32 Å². The first-order chi connectivity index (χ1) is 7.13. The maximum Gasteiger partial charge on any atom is 0.222 e. The molecule has 0 aromatic rings. The van der Waals surface area contributed by atoms with E-state index in [1.165, 1.54) is 0 Å². The van der Waals surface area contributed by atoms with E-state index in [4.69, 9.17) is 5.11 Å². The normalized spacial score (nSPS) is 23.5. The fourth-order valence-corrected chi connectivity index (χ4v) is 1.96. The van der Waals surface area contributed by atoms with Crippen molar-refractivity contribution in [2.24, 2.45) is 5.92 Å². The minimum Gasteiger partial charge on any atom is -0.392 e. The highest BCUT2D eigenvalue weighted by Crippen LogP contribution is 2.17. The molecule has 1 saturated heterocycles. The Morgan fingerprint density at radius 2 is 2.47 bits per heavy atom. The van der Waals surface area contributed by atoms with Crippen molar-refractivity contribution < 1.29 is 9.90 Å². The van der Waals surface area contributed by atoms with Gasteiger partial charge in [-0.05, 0) is 18.6 Å². The van der Waals surface area contributed by atoms with Gasteiger partial charge in [0.15, 0.2) is 0 Å². The standard InChI is InChI=1S/C10H20N2O2S/c1-8(13)5-11-2-3-12-6-9(7-15)4-10(12)14/h8-9,11,13,15H,2-7H2,1H3. The molecule has 2 atom stereocenters. The zero-order chi connectivity index (χ0) is 11.3. The number of aliphatic hydroxyl groups excluding tert-OH is 1. The maximum atomic E-state index is 11.5. The smallest absolute Gasteiger partial charge is 0.222 e. The lowest BCUT2D eigenvalue weighted by molar-refractivity contribution is -0.127. The molecule has 0 spiro atoms. The number of hydrogen-bond acceptors (Lipinski definition) is 4. The zero-order valence-electron chi connectivity index (χ0n) is 9.15. The summed E-state index contributed by atoms with van der Waals surface area (Å²) in [4.78, 5) is 13.4. The molecule has 1 aliphatic heterocycles. The van der Waals surface area contributed by atoms with Crippen LogP contribution >= 0.6 is 12.6 Å². The van der Waals surface area contributed by atoms with Crippen LogP contribution in [0.4, 0.5) is 0 Å². The lowest BCUT2D eigenvalue weighted by Gasteiger charge is -2.17. The van der Waals surface area contributed by atoms with Gasteiger partial charge in [-0.3, -0.25) is 4.79 Å². The number of nitrogens with one attached hydrogen (secondary N) is 1. The van der Waals surface area contributed by atoms with Crippen LogP contribution in [0.1, 0.15) is 13.3 Å². The summed E-state index contributed by atoms with van der Waals surface area (Å²) in [6.45, 7) is 4.63. The number of carbonyl (C=O) groups excluding carboxylic acids is 1. The highest BCUT2D eigenvalue weighted by Gasteiger charge is 2.27. The molecule has 1 aliphatic rings. The Morgan fingerprint density at radius 3 is 3.00 bits per heavy atom. The first-order valence-corrected chi connectivity index (χ1v) is 6.04. The number of amides is 1. The topological polar surface area (TPSA) is 52.6 Å². The lowest BCUT2D eigenvalue weighted by Crippen LogP contribution is -2.35. The first kappa shape index (κ1) is 12.8. The fraction of sp³-hybridized carbons (Fsp3) is 0.900. The van der Waals surface area contributed by atoms with E-state index < -0.39 is 0 Å². The average molecular weight is 232 g/mol. The third-order valence-corrected chi connectivity index (χ3v) is 3.07. The SMILES string of the molecule is CC(O)CNCCN1CC(CS)CC1=O. The zero-order valence-corrected chi connectivity index (χ0v) is 10.0. The number of nitrogens with zero attached hydrogens (tertiary/aromatic N) is 1. The van der Waals surface area contributed by atoms with Crippen molar-refractivity contribution in [2.45, 2.75) is 19.4 Å². The van der Waals surface area contributed by atoms with E-state index in [0.29, 0.717) is 18.9 Å². The monoisotopic (exact) mass is 232 g/mol. The lowest BCUT2D eigenvalue weighted by atomic mass is 10.1. The Labute approximate surface area is 96.4 Å². The van der Waals surface area contributed by atoms with Crippen LogP contribution in [0.15, 0.2) is 0 Å². The Balaban J connectivity index is 2.14. The Hall–Kier alpha value is -0.260. The molecule has 0 bridgehead atoms. The summed E-state index contributed by atoms with van der Waals surface area (Å²) < 4.78 is 0. The summed E-state index contributed by atoms with van der Waals surface area (Å²) >= 11 is 4.21. The summed E-state index contributed by atoms with van der Waals surface area (Å²) in [5, 5.41) is 12.1. The van der Waals surface area contributed by atoms with Gasteiger partial charge in [0.25, 0.3) is 0 Å². The molecular formula is C10H20N2O2S. The van der Waals surface area contributed by atoms with Crippen molar-refractivity contribution in [1.82, 2.24) is 10.2 Å². The van der Waals surface area contributed by atoms with Crippen molar-refractivity contribution in [1.29, 1.82) is 0 Å². The van der Waals surface area contributed by atoms with Gasteiger partial charge in [0, 0.05) is 32.6 Å². The molecule has 1 fully saturated rings. The minimum atomic E-state index is -0.329. The van der Waals surface area contributed by atoms with Crippen molar-refractivity contribution in [2.75, 3.05) is 31.9 Å². The maximum absolute atomic E-state index is 11.5. The van der Waals surface area contributed by atoms with Gasteiger partial charge in [0.2, 0.25) is 5.91 Å². The van der Waals surface area contributed by atoms with Crippen molar-refractivity contribution in [3.63, 3.8) is 0 Å². The van der Waals surface area contributed by atoms with Gasteiger partial charge in [-0.15, -0.1) is 0 Å². The molecule has 5 heteroatoms. The van der Waals surface area contributed by atoms with E-state index in [1.54, 1.807) is 6.92 Å². The molecule has 1 heterocycles. The first-order valence-electron chi connectivity index (χ1n) is 5.41. The number of aliphatic hydroxyl groups is 1. The molecule has 2 N–H and O–H groups in total. The Kier molecular flexibility index (Phi) is 5.42. The van der Waals surface area contributed by atoms with Crippen molar-refractivity contribution in [3.8, 4) is 0 Å². The second-order valence-electron chi connectivity index (χ2n) is 4.15. The highest BCUT2D eigenvalue weighted by molar-refractivity contribution is 7.80. The predicted octanol–water partition coefficient (Wildman–Crippen LogP) is -0.265. The van der Waals surface area contributed by atoms with E-state index in [2.05, 4.69) is 17.9 Å². The minimum absolute atomic E-state index is 0.230. The van der Waals surface area contributed by atoms with E-state index in [1.807, 2.05) is 4.90 Å².